The number of imide groups is 1. The maximum atomic E-state index is 13.2. The quantitative estimate of drug-likeness (QED) is 0.712. The Balaban J connectivity index is 1.40. The van der Waals surface area contributed by atoms with Gasteiger partial charge in [-0.3, -0.25) is 9.69 Å². The van der Waals surface area contributed by atoms with Gasteiger partial charge in [-0.25, -0.2) is 4.79 Å². The second-order valence-corrected chi connectivity index (χ2v) is 7.27. The molecule has 28 heavy (non-hydrogen) atoms. The van der Waals surface area contributed by atoms with E-state index in [4.69, 9.17) is 4.52 Å². The molecule has 2 aromatic carbocycles. The van der Waals surface area contributed by atoms with E-state index < -0.39 is 11.6 Å². The summed E-state index contributed by atoms with van der Waals surface area (Å²) in [6.45, 7) is 1.97. The van der Waals surface area contributed by atoms with E-state index >= 15 is 0 Å². The summed E-state index contributed by atoms with van der Waals surface area (Å²) < 4.78 is 5.31. The highest BCUT2D eigenvalue weighted by molar-refractivity contribution is 6.08. The van der Waals surface area contributed by atoms with Crippen LogP contribution < -0.4 is 5.32 Å². The van der Waals surface area contributed by atoms with Crippen molar-refractivity contribution in [1.29, 1.82) is 0 Å². The number of amides is 3. The van der Waals surface area contributed by atoms with Gasteiger partial charge >= 0.3 is 6.03 Å². The van der Waals surface area contributed by atoms with E-state index in [-0.39, 0.29) is 12.5 Å². The van der Waals surface area contributed by atoms with E-state index in [2.05, 4.69) is 15.5 Å². The fourth-order valence-corrected chi connectivity index (χ4v) is 4.01. The molecule has 5 rings (SSSR count). The number of aromatic nitrogens is 2. The Hall–Kier alpha value is -3.48. The van der Waals surface area contributed by atoms with Crippen LogP contribution in [-0.2, 0) is 23.3 Å². The van der Waals surface area contributed by atoms with Crippen LogP contribution in [-0.4, -0.2) is 27.0 Å². The van der Waals surface area contributed by atoms with Crippen LogP contribution in [0.3, 0.4) is 0 Å². The summed E-state index contributed by atoms with van der Waals surface area (Å²) in [5.74, 6) is 0.398. The van der Waals surface area contributed by atoms with Crippen molar-refractivity contribution in [2.24, 2.45) is 0 Å². The number of aryl methyl sites for hydroxylation is 2. The topological polar surface area (TPSA) is 88.3 Å². The van der Waals surface area contributed by atoms with Gasteiger partial charge in [0.2, 0.25) is 0 Å². The molecule has 7 heteroatoms. The SMILES string of the molecule is Cc1ccc(-c2nc(CN3C(=O)N[C@]4(CCc5ccccc54)C3=O)no2)cc1. The van der Waals surface area contributed by atoms with E-state index in [0.29, 0.717) is 18.1 Å². The Morgan fingerprint density at radius 1 is 1.14 bits per heavy atom. The number of nitrogens with one attached hydrogen (secondary N) is 1. The van der Waals surface area contributed by atoms with Gasteiger partial charge in [0, 0.05) is 5.56 Å². The Morgan fingerprint density at radius 2 is 1.93 bits per heavy atom. The van der Waals surface area contributed by atoms with Gasteiger partial charge in [0.1, 0.15) is 5.54 Å². The van der Waals surface area contributed by atoms with Crippen LogP contribution in [0.5, 0.6) is 0 Å². The lowest BCUT2D eigenvalue weighted by molar-refractivity contribution is -0.132. The molecule has 1 spiro atoms. The van der Waals surface area contributed by atoms with Crippen molar-refractivity contribution >= 4 is 11.9 Å². The molecule has 140 valence electrons. The van der Waals surface area contributed by atoms with Crippen molar-refractivity contribution in [2.45, 2.75) is 31.8 Å². The first-order chi connectivity index (χ1) is 13.6. The van der Waals surface area contributed by atoms with Crippen molar-refractivity contribution in [1.82, 2.24) is 20.4 Å². The fourth-order valence-electron chi connectivity index (χ4n) is 4.01. The van der Waals surface area contributed by atoms with Gasteiger partial charge in [0.05, 0.1) is 6.54 Å². The van der Waals surface area contributed by atoms with Crippen molar-refractivity contribution < 1.29 is 14.1 Å². The molecule has 1 aromatic heterocycles. The standard InChI is InChI=1S/C21H18N4O3/c1-13-6-8-15(9-7-13)18-22-17(24-28-18)12-25-19(26)21(23-20(25)27)11-10-14-4-2-3-5-16(14)21/h2-9H,10-12H2,1H3,(H,23,27)/t21-/m0/s1. The van der Waals surface area contributed by atoms with E-state index in [9.17, 15) is 9.59 Å². The second-order valence-electron chi connectivity index (χ2n) is 7.27. The average Bonchev–Trinajstić information content (AvgIpc) is 3.37. The highest BCUT2D eigenvalue weighted by atomic mass is 16.5. The van der Waals surface area contributed by atoms with Crippen LogP contribution in [0.1, 0.15) is 28.9 Å². The number of fused-ring (bicyclic) bond motifs is 2. The highest BCUT2D eigenvalue weighted by Gasteiger charge is 2.55. The third-order valence-electron chi connectivity index (χ3n) is 5.49. The molecule has 1 saturated heterocycles. The Kier molecular flexibility index (Phi) is 3.58. The van der Waals surface area contributed by atoms with Gasteiger partial charge < -0.3 is 9.84 Å². The lowest BCUT2D eigenvalue weighted by Crippen LogP contribution is -2.41. The maximum Gasteiger partial charge on any atom is 0.325 e. The number of urea groups is 1. The first kappa shape index (κ1) is 16.7. The summed E-state index contributed by atoms with van der Waals surface area (Å²) in [7, 11) is 0. The van der Waals surface area contributed by atoms with Crippen molar-refractivity contribution in [3.05, 3.63) is 71.0 Å². The van der Waals surface area contributed by atoms with Crippen molar-refractivity contribution in [3.63, 3.8) is 0 Å². The first-order valence-electron chi connectivity index (χ1n) is 9.19. The van der Waals surface area contributed by atoms with Gasteiger partial charge in [-0.05, 0) is 43.0 Å². The summed E-state index contributed by atoms with van der Waals surface area (Å²) in [6.07, 6.45) is 1.32. The number of rotatable bonds is 3. The molecule has 3 aromatic rings. The van der Waals surface area contributed by atoms with E-state index in [1.807, 2.05) is 55.5 Å². The molecule has 1 N–H and O–H groups in total. The van der Waals surface area contributed by atoms with Gasteiger partial charge in [-0.15, -0.1) is 0 Å². The lowest BCUT2D eigenvalue weighted by Gasteiger charge is -2.22. The fraction of sp³-hybridized carbons (Fsp3) is 0.238. The predicted octanol–water partition coefficient (Wildman–Crippen LogP) is 2.94. The smallest absolute Gasteiger partial charge is 0.325 e. The minimum atomic E-state index is -0.975. The summed E-state index contributed by atoms with van der Waals surface area (Å²) in [5, 5.41) is 6.85. The first-order valence-corrected chi connectivity index (χ1v) is 9.19. The molecular weight excluding hydrogens is 356 g/mol. The third-order valence-corrected chi connectivity index (χ3v) is 5.49. The minimum Gasteiger partial charge on any atom is -0.334 e. The van der Waals surface area contributed by atoms with Crippen LogP contribution in [0.2, 0.25) is 0 Å². The van der Waals surface area contributed by atoms with Gasteiger partial charge in [-0.1, -0.05) is 47.1 Å². The molecule has 2 aliphatic rings. The molecule has 0 radical (unpaired) electrons. The Bertz CT molecular complexity index is 1090. The normalized spacial score (nSPS) is 20.7. The maximum absolute atomic E-state index is 13.2. The van der Waals surface area contributed by atoms with Crippen LogP contribution in [0.4, 0.5) is 4.79 Å². The number of nitrogens with zero attached hydrogens (tertiary/aromatic N) is 3. The number of hydrogen-bond acceptors (Lipinski definition) is 5. The van der Waals surface area contributed by atoms with Crippen LogP contribution in [0.15, 0.2) is 53.1 Å². The number of hydrogen-bond donors (Lipinski definition) is 1. The van der Waals surface area contributed by atoms with E-state index in [1.165, 1.54) is 4.90 Å². The molecule has 1 aliphatic carbocycles. The zero-order chi connectivity index (χ0) is 19.3. The summed E-state index contributed by atoms with van der Waals surface area (Å²) in [6, 6.07) is 15.0. The summed E-state index contributed by atoms with van der Waals surface area (Å²) in [4.78, 5) is 31.3. The van der Waals surface area contributed by atoms with Gasteiger partial charge in [0.15, 0.2) is 5.82 Å². The molecule has 7 nitrogen and oxygen atoms in total. The Morgan fingerprint density at radius 3 is 2.75 bits per heavy atom. The monoisotopic (exact) mass is 374 g/mol. The highest BCUT2D eigenvalue weighted by Crippen LogP contribution is 2.41. The molecule has 1 fully saturated rings. The van der Waals surface area contributed by atoms with Gasteiger partial charge in [0.25, 0.3) is 11.8 Å². The predicted molar refractivity (Wildman–Crippen MR) is 100.0 cm³/mol. The van der Waals surface area contributed by atoms with Crippen molar-refractivity contribution in [3.8, 4) is 11.5 Å². The summed E-state index contributed by atoms with van der Waals surface area (Å²) >= 11 is 0. The second kappa shape index (κ2) is 6.02. The zero-order valence-corrected chi connectivity index (χ0v) is 15.3. The van der Waals surface area contributed by atoms with Crippen LogP contribution >= 0.6 is 0 Å². The molecule has 1 aliphatic heterocycles. The molecule has 0 unspecified atom stereocenters. The molecular formula is C21H18N4O3. The number of benzene rings is 2. The molecule has 3 amide bonds. The Labute approximate surface area is 161 Å². The zero-order valence-electron chi connectivity index (χ0n) is 15.3. The lowest BCUT2D eigenvalue weighted by atomic mass is 9.92. The molecule has 1 atom stereocenters. The van der Waals surface area contributed by atoms with E-state index in [0.717, 1.165) is 28.7 Å². The molecule has 0 saturated carbocycles. The number of carbonyl (C=O) groups excluding carboxylic acids is 2. The van der Waals surface area contributed by atoms with Crippen molar-refractivity contribution in [2.75, 3.05) is 0 Å². The summed E-state index contributed by atoms with van der Waals surface area (Å²) in [5.41, 5.74) is 2.92. The van der Waals surface area contributed by atoms with Crippen LogP contribution in [0, 0.1) is 6.92 Å². The average molecular weight is 374 g/mol. The molecule has 0 bridgehead atoms. The minimum absolute atomic E-state index is 0.0239. The van der Waals surface area contributed by atoms with Crippen LogP contribution in [0.25, 0.3) is 11.5 Å². The molecule has 2 heterocycles. The van der Waals surface area contributed by atoms with E-state index in [1.54, 1.807) is 0 Å². The third kappa shape index (κ3) is 2.43. The largest absolute Gasteiger partial charge is 0.334 e. The van der Waals surface area contributed by atoms with Gasteiger partial charge in [-0.2, -0.15) is 4.98 Å². The number of carbonyl (C=O) groups is 2.